The van der Waals surface area contributed by atoms with E-state index in [9.17, 15) is 26.4 Å². The van der Waals surface area contributed by atoms with E-state index in [4.69, 9.17) is 5.73 Å². The van der Waals surface area contributed by atoms with Gasteiger partial charge in [0.05, 0.1) is 28.6 Å². The molecule has 1 amide bonds. The van der Waals surface area contributed by atoms with E-state index in [0.717, 1.165) is 12.3 Å². The molecule has 1 heterocycles. The molecule has 0 saturated heterocycles. The Morgan fingerprint density at radius 1 is 1.00 bits per heavy atom. The van der Waals surface area contributed by atoms with Crippen LogP contribution in [0.1, 0.15) is 15.9 Å². The number of benzene rings is 3. The maximum Gasteiger partial charge on any atom is 0.417 e. The van der Waals surface area contributed by atoms with Gasteiger partial charge in [0, 0.05) is 17.3 Å². The highest BCUT2D eigenvalue weighted by atomic mass is 32.2. The molecular formula is C23H18F3N3O3S. The van der Waals surface area contributed by atoms with Gasteiger partial charge < -0.3 is 10.3 Å². The summed E-state index contributed by atoms with van der Waals surface area (Å²) in [5.41, 5.74) is 6.47. The fourth-order valence-electron chi connectivity index (χ4n) is 3.72. The summed E-state index contributed by atoms with van der Waals surface area (Å²) in [7, 11) is -3.55. The number of rotatable bonds is 5. The van der Waals surface area contributed by atoms with Crippen LogP contribution in [0.25, 0.3) is 27.7 Å². The van der Waals surface area contributed by atoms with Gasteiger partial charge in [0.25, 0.3) is 5.91 Å². The van der Waals surface area contributed by atoms with Crippen molar-refractivity contribution in [3.05, 3.63) is 84.1 Å². The van der Waals surface area contributed by atoms with Crippen molar-refractivity contribution < 1.29 is 26.4 Å². The quantitative estimate of drug-likeness (QED) is 0.437. The minimum absolute atomic E-state index is 0.0119. The average molecular weight is 473 g/mol. The Hall–Kier alpha value is -3.79. The van der Waals surface area contributed by atoms with Gasteiger partial charge in [-0.2, -0.15) is 13.2 Å². The van der Waals surface area contributed by atoms with Crippen molar-refractivity contribution in [2.45, 2.75) is 6.18 Å². The molecule has 0 radical (unpaired) electrons. The van der Waals surface area contributed by atoms with Crippen LogP contribution in [0.15, 0.2) is 72.9 Å². The molecule has 0 bridgehead atoms. The Morgan fingerprint density at radius 2 is 1.73 bits per heavy atom. The van der Waals surface area contributed by atoms with Crippen LogP contribution in [0, 0.1) is 0 Å². The second kappa shape index (κ2) is 7.96. The topological polar surface area (TPSA) is 94.2 Å². The molecule has 3 aromatic carbocycles. The molecule has 4 rings (SSSR count). The molecule has 170 valence electrons. The molecule has 0 saturated carbocycles. The molecule has 10 heteroatoms. The lowest BCUT2D eigenvalue weighted by Gasteiger charge is -2.14. The fraction of sp³-hybridized carbons (Fsp3) is 0.0870. The van der Waals surface area contributed by atoms with Crippen molar-refractivity contribution in [1.82, 2.24) is 4.57 Å². The molecule has 0 aliphatic carbocycles. The van der Waals surface area contributed by atoms with Gasteiger partial charge in [-0.15, -0.1) is 0 Å². The van der Waals surface area contributed by atoms with Crippen LogP contribution in [0.3, 0.4) is 0 Å². The number of primary amides is 1. The van der Waals surface area contributed by atoms with Crippen molar-refractivity contribution in [1.29, 1.82) is 0 Å². The summed E-state index contributed by atoms with van der Waals surface area (Å²) in [6.07, 6.45) is -2.04. The number of hydrogen-bond acceptors (Lipinski definition) is 3. The first-order valence-corrected chi connectivity index (χ1v) is 11.5. The molecule has 0 aliphatic heterocycles. The van der Waals surface area contributed by atoms with Gasteiger partial charge in [-0.25, -0.2) is 8.42 Å². The minimum atomic E-state index is -4.53. The Bertz CT molecular complexity index is 1490. The highest BCUT2D eigenvalue weighted by Crippen LogP contribution is 2.38. The summed E-state index contributed by atoms with van der Waals surface area (Å²) in [6, 6.07) is 16.2. The number of fused-ring (bicyclic) bond motifs is 1. The van der Waals surface area contributed by atoms with Gasteiger partial charge >= 0.3 is 6.18 Å². The molecule has 0 unspecified atom stereocenters. The number of aromatic nitrogens is 1. The van der Waals surface area contributed by atoms with Gasteiger partial charge in [-0.3, -0.25) is 9.52 Å². The van der Waals surface area contributed by atoms with Gasteiger partial charge in [0.1, 0.15) is 0 Å². The van der Waals surface area contributed by atoms with E-state index in [2.05, 4.69) is 4.72 Å². The van der Waals surface area contributed by atoms with Crippen molar-refractivity contribution in [2.24, 2.45) is 5.73 Å². The third kappa shape index (κ3) is 4.56. The second-order valence-corrected chi connectivity index (χ2v) is 9.23. The first kappa shape index (κ1) is 22.4. The van der Waals surface area contributed by atoms with E-state index < -0.39 is 27.7 Å². The third-order valence-electron chi connectivity index (χ3n) is 5.04. The van der Waals surface area contributed by atoms with E-state index in [1.807, 2.05) is 0 Å². The van der Waals surface area contributed by atoms with Gasteiger partial charge in [0.15, 0.2) is 0 Å². The van der Waals surface area contributed by atoms with Crippen LogP contribution in [0.5, 0.6) is 0 Å². The summed E-state index contributed by atoms with van der Waals surface area (Å²) in [5, 5.41) is 0.475. The number of carbonyl (C=O) groups excluding carboxylic acids is 1. The maximum absolute atomic E-state index is 13.5. The predicted molar refractivity (Wildman–Crippen MR) is 121 cm³/mol. The predicted octanol–water partition coefficient (Wildman–Crippen LogP) is 4.79. The number of hydrogen-bond donors (Lipinski definition) is 2. The Kier molecular flexibility index (Phi) is 5.41. The second-order valence-electron chi connectivity index (χ2n) is 7.48. The molecule has 0 aliphatic rings. The lowest BCUT2D eigenvalue weighted by Crippen LogP contribution is -2.10. The van der Waals surface area contributed by atoms with Crippen LogP contribution in [0.2, 0.25) is 0 Å². The molecular weight excluding hydrogens is 455 g/mol. The highest BCUT2D eigenvalue weighted by Gasteiger charge is 2.33. The zero-order valence-corrected chi connectivity index (χ0v) is 18.0. The molecule has 33 heavy (non-hydrogen) atoms. The van der Waals surface area contributed by atoms with Crippen LogP contribution in [0.4, 0.5) is 18.9 Å². The lowest BCUT2D eigenvalue weighted by atomic mass is 9.99. The number of alkyl halides is 3. The fourth-order valence-corrected chi connectivity index (χ4v) is 4.27. The SMILES string of the molecule is CS(=O)(=O)Nc1ccc2c(C(N)=O)cn(-c3cccc(-c4ccccc4C(F)(F)F)c3)c2c1. The van der Waals surface area contributed by atoms with E-state index in [1.54, 1.807) is 34.9 Å². The smallest absolute Gasteiger partial charge is 0.366 e. The van der Waals surface area contributed by atoms with Gasteiger partial charge in [0.2, 0.25) is 10.0 Å². The van der Waals surface area contributed by atoms with Crippen molar-refractivity contribution in [3.63, 3.8) is 0 Å². The number of carbonyl (C=O) groups is 1. The maximum atomic E-state index is 13.5. The summed E-state index contributed by atoms with van der Waals surface area (Å²) < 4.78 is 67.8. The first-order valence-electron chi connectivity index (χ1n) is 9.64. The van der Waals surface area contributed by atoms with Gasteiger partial charge in [-0.1, -0.05) is 30.3 Å². The zero-order chi connectivity index (χ0) is 24.0. The van der Waals surface area contributed by atoms with Crippen LogP contribution < -0.4 is 10.5 Å². The molecule has 3 N–H and O–H groups in total. The number of anilines is 1. The Balaban J connectivity index is 1.92. The van der Waals surface area contributed by atoms with Crippen molar-refractivity contribution in [2.75, 3.05) is 11.0 Å². The molecule has 0 spiro atoms. The van der Waals surface area contributed by atoms with E-state index >= 15 is 0 Å². The zero-order valence-electron chi connectivity index (χ0n) is 17.2. The van der Waals surface area contributed by atoms with Crippen molar-refractivity contribution >= 4 is 32.5 Å². The third-order valence-corrected chi connectivity index (χ3v) is 5.65. The van der Waals surface area contributed by atoms with Crippen LogP contribution in [-0.4, -0.2) is 25.1 Å². The number of sulfonamides is 1. The summed E-state index contributed by atoms with van der Waals surface area (Å²) in [6.45, 7) is 0. The first-order chi connectivity index (χ1) is 15.4. The Morgan fingerprint density at radius 3 is 2.39 bits per heavy atom. The van der Waals surface area contributed by atoms with Crippen LogP contribution >= 0.6 is 0 Å². The number of nitrogens with one attached hydrogen (secondary N) is 1. The molecule has 1 aromatic heterocycles. The number of nitrogens with zero attached hydrogens (tertiary/aromatic N) is 1. The average Bonchev–Trinajstić information content (AvgIpc) is 3.11. The van der Waals surface area contributed by atoms with Crippen molar-refractivity contribution in [3.8, 4) is 16.8 Å². The Labute approximate surface area is 187 Å². The highest BCUT2D eigenvalue weighted by molar-refractivity contribution is 7.92. The van der Waals surface area contributed by atoms with E-state index in [1.165, 1.54) is 36.5 Å². The summed E-state index contributed by atoms with van der Waals surface area (Å²) in [5.74, 6) is -0.693. The van der Waals surface area contributed by atoms with E-state index in [0.29, 0.717) is 22.2 Å². The number of amides is 1. The van der Waals surface area contributed by atoms with Crippen LogP contribution in [-0.2, 0) is 16.2 Å². The monoisotopic (exact) mass is 473 g/mol. The number of halogens is 3. The molecule has 4 aromatic rings. The summed E-state index contributed by atoms with van der Waals surface area (Å²) in [4.78, 5) is 12.0. The molecule has 0 atom stereocenters. The number of nitrogens with two attached hydrogens (primary N) is 1. The minimum Gasteiger partial charge on any atom is -0.366 e. The standard InChI is InChI=1S/C23H18F3N3O3S/c1-33(31,32)28-15-9-10-18-19(22(27)30)13-29(21(18)12-15)16-6-4-5-14(11-16)17-7-2-3-8-20(17)23(24,25)26/h2-13,28H,1H3,(H2,27,30). The van der Waals surface area contributed by atoms with Gasteiger partial charge in [-0.05, 0) is 47.5 Å². The summed E-state index contributed by atoms with van der Waals surface area (Å²) >= 11 is 0. The normalized spacial score (nSPS) is 12.1. The van der Waals surface area contributed by atoms with E-state index in [-0.39, 0.29) is 16.8 Å². The molecule has 6 nitrogen and oxygen atoms in total. The largest absolute Gasteiger partial charge is 0.417 e. The molecule has 0 fully saturated rings. The lowest BCUT2D eigenvalue weighted by molar-refractivity contribution is -0.137.